The number of hydrogen-bond acceptors (Lipinski definition) is 3. The number of rotatable bonds is 5. The van der Waals surface area contributed by atoms with Gasteiger partial charge in [-0.1, -0.05) is 40.2 Å². The average molecular weight is 330 g/mol. The number of nitrogens with zero attached hydrogens (tertiary/aromatic N) is 1. The van der Waals surface area contributed by atoms with Gasteiger partial charge in [0.05, 0.1) is 12.5 Å². The van der Waals surface area contributed by atoms with E-state index in [9.17, 15) is 8.42 Å². The van der Waals surface area contributed by atoms with Crippen LogP contribution in [0.1, 0.15) is 11.1 Å². The Labute approximate surface area is 114 Å². The third kappa shape index (κ3) is 3.18. The molecule has 0 bridgehead atoms. The van der Waals surface area contributed by atoms with Crippen LogP contribution >= 0.6 is 15.9 Å². The van der Waals surface area contributed by atoms with Gasteiger partial charge in [-0.3, -0.25) is 0 Å². The molecule has 96 valence electrons. The van der Waals surface area contributed by atoms with Crippen molar-refractivity contribution in [2.75, 3.05) is 0 Å². The lowest BCUT2D eigenvalue weighted by atomic mass is 10.1. The first kappa shape index (κ1) is 13.3. The van der Waals surface area contributed by atoms with E-state index in [1.165, 1.54) is 12.5 Å². The summed E-state index contributed by atoms with van der Waals surface area (Å²) in [5, 5.41) is 0.813. The maximum absolute atomic E-state index is 11.8. The summed E-state index contributed by atoms with van der Waals surface area (Å²) in [6, 6.07) is 7.70. The van der Waals surface area contributed by atoms with Gasteiger partial charge in [0.25, 0.3) is 10.0 Å². The van der Waals surface area contributed by atoms with Gasteiger partial charge < -0.3 is 4.98 Å². The Bertz CT molecular complexity index is 611. The molecule has 2 aromatic rings. The smallest absolute Gasteiger partial charge is 0.257 e. The number of aromatic nitrogens is 2. The fourth-order valence-corrected chi connectivity index (χ4v) is 2.74. The number of imidazole rings is 1. The van der Waals surface area contributed by atoms with E-state index in [-0.39, 0.29) is 11.6 Å². The standard InChI is InChI=1S/C11H12BrN3O2S/c12-5-9-2-1-3-10(4-9)6-15-18(16,17)11-7-13-8-14-11/h1-4,7-8,15H,5-6H2,(H,13,14). The molecule has 1 aromatic carbocycles. The van der Waals surface area contributed by atoms with Gasteiger partial charge in [-0.25, -0.2) is 18.1 Å². The summed E-state index contributed by atoms with van der Waals surface area (Å²) in [7, 11) is -3.51. The number of nitrogens with one attached hydrogen (secondary N) is 2. The third-order valence-electron chi connectivity index (χ3n) is 2.37. The van der Waals surface area contributed by atoms with Gasteiger partial charge in [0, 0.05) is 11.9 Å². The van der Waals surface area contributed by atoms with E-state index >= 15 is 0 Å². The molecule has 0 amide bonds. The molecule has 5 nitrogen and oxygen atoms in total. The first-order valence-electron chi connectivity index (χ1n) is 5.23. The Kier molecular flexibility index (Phi) is 4.15. The van der Waals surface area contributed by atoms with Gasteiger partial charge in [-0.05, 0) is 11.1 Å². The van der Waals surface area contributed by atoms with Crippen molar-refractivity contribution >= 4 is 26.0 Å². The number of aromatic amines is 1. The van der Waals surface area contributed by atoms with Crippen LogP contribution in [0.15, 0.2) is 41.8 Å². The van der Waals surface area contributed by atoms with Crippen LogP contribution in [0.2, 0.25) is 0 Å². The number of hydrogen-bond donors (Lipinski definition) is 2. The quantitative estimate of drug-likeness (QED) is 0.821. The van der Waals surface area contributed by atoms with Crippen molar-refractivity contribution in [2.24, 2.45) is 0 Å². The van der Waals surface area contributed by atoms with Crippen LogP contribution in [0.5, 0.6) is 0 Å². The normalized spacial score (nSPS) is 11.6. The van der Waals surface area contributed by atoms with E-state index in [1.807, 2.05) is 24.3 Å². The van der Waals surface area contributed by atoms with Crippen LogP contribution in [0, 0.1) is 0 Å². The van der Waals surface area contributed by atoms with Crippen LogP contribution in [0.4, 0.5) is 0 Å². The summed E-state index contributed by atoms with van der Waals surface area (Å²) in [6.45, 7) is 0.252. The topological polar surface area (TPSA) is 74.8 Å². The number of alkyl halides is 1. The summed E-state index contributed by atoms with van der Waals surface area (Å²) in [6.07, 6.45) is 2.61. The van der Waals surface area contributed by atoms with E-state index < -0.39 is 10.0 Å². The lowest BCUT2D eigenvalue weighted by Crippen LogP contribution is -2.23. The summed E-state index contributed by atoms with van der Waals surface area (Å²) in [5.74, 6) is 0. The molecule has 0 atom stereocenters. The van der Waals surface area contributed by atoms with E-state index in [0.717, 1.165) is 16.5 Å². The van der Waals surface area contributed by atoms with E-state index in [4.69, 9.17) is 0 Å². The second-order valence-corrected chi connectivity index (χ2v) is 5.99. The fourth-order valence-electron chi connectivity index (χ4n) is 1.47. The Morgan fingerprint density at radius 3 is 2.78 bits per heavy atom. The fraction of sp³-hybridized carbons (Fsp3) is 0.182. The minimum atomic E-state index is -3.51. The zero-order valence-electron chi connectivity index (χ0n) is 9.43. The predicted molar refractivity (Wildman–Crippen MR) is 71.7 cm³/mol. The lowest BCUT2D eigenvalue weighted by Gasteiger charge is -2.06. The lowest BCUT2D eigenvalue weighted by molar-refractivity contribution is 0.578. The van der Waals surface area contributed by atoms with Crippen molar-refractivity contribution in [1.82, 2.24) is 14.7 Å². The van der Waals surface area contributed by atoms with Crippen LogP contribution in [0.3, 0.4) is 0 Å². The Morgan fingerprint density at radius 2 is 2.11 bits per heavy atom. The molecule has 18 heavy (non-hydrogen) atoms. The van der Waals surface area contributed by atoms with Crippen LogP contribution in [-0.2, 0) is 21.9 Å². The van der Waals surface area contributed by atoms with E-state index in [2.05, 4.69) is 30.6 Å². The molecule has 0 fully saturated rings. The first-order valence-corrected chi connectivity index (χ1v) is 7.84. The van der Waals surface area contributed by atoms with Crippen LogP contribution in [-0.4, -0.2) is 18.4 Å². The van der Waals surface area contributed by atoms with Gasteiger partial charge in [0.2, 0.25) is 0 Å². The van der Waals surface area contributed by atoms with Crippen molar-refractivity contribution in [3.8, 4) is 0 Å². The van der Waals surface area contributed by atoms with Crippen molar-refractivity contribution < 1.29 is 8.42 Å². The zero-order valence-corrected chi connectivity index (χ0v) is 11.8. The zero-order chi connectivity index (χ0) is 13.0. The Balaban J connectivity index is 2.07. The molecule has 7 heteroatoms. The molecule has 1 heterocycles. The third-order valence-corrected chi connectivity index (χ3v) is 4.35. The predicted octanol–water partition coefficient (Wildman–Crippen LogP) is 1.78. The minimum Gasteiger partial charge on any atom is -0.335 e. The molecule has 2 rings (SSSR count). The molecule has 0 radical (unpaired) electrons. The van der Waals surface area contributed by atoms with Crippen LogP contribution in [0.25, 0.3) is 0 Å². The Hall–Kier alpha value is -1.18. The maximum atomic E-state index is 11.8. The highest BCUT2D eigenvalue weighted by molar-refractivity contribution is 9.08. The van der Waals surface area contributed by atoms with Crippen molar-refractivity contribution in [1.29, 1.82) is 0 Å². The van der Waals surface area contributed by atoms with E-state index in [0.29, 0.717) is 0 Å². The van der Waals surface area contributed by atoms with Gasteiger partial charge >= 0.3 is 0 Å². The van der Waals surface area contributed by atoms with E-state index in [1.54, 1.807) is 0 Å². The van der Waals surface area contributed by atoms with Gasteiger partial charge in [-0.15, -0.1) is 0 Å². The molecule has 0 unspecified atom stereocenters. The van der Waals surface area contributed by atoms with Gasteiger partial charge in [0.15, 0.2) is 5.03 Å². The SMILES string of the molecule is O=S(=O)(NCc1cccc(CBr)c1)c1cnc[nH]1. The maximum Gasteiger partial charge on any atom is 0.257 e. The molecular weight excluding hydrogens is 318 g/mol. The van der Waals surface area contributed by atoms with Crippen LogP contribution < -0.4 is 4.72 Å². The van der Waals surface area contributed by atoms with Crippen molar-refractivity contribution in [3.05, 3.63) is 47.9 Å². The molecular formula is C11H12BrN3O2S. The van der Waals surface area contributed by atoms with Crippen molar-refractivity contribution in [3.63, 3.8) is 0 Å². The molecule has 0 aliphatic carbocycles. The number of sulfonamides is 1. The summed E-state index contributed by atoms with van der Waals surface area (Å²) >= 11 is 3.36. The van der Waals surface area contributed by atoms with Gasteiger partial charge in [0.1, 0.15) is 0 Å². The number of benzene rings is 1. The highest BCUT2D eigenvalue weighted by atomic mass is 79.9. The summed E-state index contributed by atoms with van der Waals surface area (Å²) in [4.78, 5) is 6.26. The summed E-state index contributed by atoms with van der Waals surface area (Å²) in [5.41, 5.74) is 2.02. The second kappa shape index (κ2) is 5.64. The summed E-state index contributed by atoms with van der Waals surface area (Å²) < 4.78 is 26.2. The molecule has 0 saturated carbocycles. The van der Waals surface area contributed by atoms with Crippen molar-refractivity contribution in [2.45, 2.75) is 16.9 Å². The first-order chi connectivity index (χ1) is 8.62. The average Bonchev–Trinajstić information content (AvgIpc) is 2.91. The molecule has 0 aliphatic heterocycles. The molecule has 0 aliphatic rings. The number of halogens is 1. The molecule has 1 aromatic heterocycles. The number of H-pyrrole nitrogens is 1. The monoisotopic (exact) mass is 329 g/mol. The van der Waals surface area contributed by atoms with Gasteiger partial charge in [-0.2, -0.15) is 0 Å². The molecule has 0 saturated heterocycles. The molecule has 2 N–H and O–H groups in total. The highest BCUT2D eigenvalue weighted by Crippen LogP contribution is 2.10. The molecule has 0 spiro atoms. The largest absolute Gasteiger partial charge is 0.335 e. The minimum absolute atomic E-state index is 0.0687. The highest BCUT2D eigenvalue weighted by Gasteiger charge is 2.14. The second-order valence-electron chi connectivity index (χ2n) is 3.69. The Morgan fingerprint density at radius 1 is 1.33 bits per heavy atom.